The quantitative estimate of drug-likeness (QED) is 0.817. The van der Waals surface area contributed by atoms with Gasteiger partial charge in [-0.25, -0.2) is 0 Å². The molecule has 0 atom stereocenters. The molecular formula is C17H17NO. The number of fused-ring (bicyclic) bond motifs is 1. The Morgan fingerprint density at radius 2 is 1.68 bits per heavy atom. The number of amides is 1. The van der Waals surface area contributed by atoms with Crippen LogP contribution in [0.4, 0.5) is 5.69 Å². The first kappa shape index (κ1) is 12.0. The molecule has 2 heteroatoms. The van der Waals surface area contributed by atoms with Crippen molar-refractivity contribution in [3.8, 4) is 0 Å². The van der Waals surface area contributed by atoms with E-state index in [-0.39, 0.29) is 5.91 Å². The molecule has 19 heavy (non-hydrogen) atoms. The second-order valence-electron chi connectivity index (χ2n) is 4.94. The average molecular weight is 251 g/mol. The van der Waals surface area contributed by atoms with E-state index < -0.39 is 0 Å². The Hall–Kier alpha value is -2.09. The lowest BCUT2D eigenvalue weighted by Gasteiger charge is -2.17. The van der Waals surface area contributed by atoms with Gasteiger partial charge in [0, 0.05) is 12.2 Å². The summed E-state index contributed by atoms with van der Waals surface area (Å²) in [7, 11) is 0. The van der Waals surface area contributed by atoms with Gasteiger partial charge in [0.1, 0.15) is 0 Å². The molecule has 2 aromatic carbocycles. The minimum atomic E-state index is 0.231. The number of hydrogen-bond donors (Lipinski definition) is 0. The molecule has 2 nitrogen and oxygen atoms in total. The van der Waals surface area contributed by atoms with E-state index in [1.807, 2.05) is 35.2 Å². The van der Waals surface area contributed by atoms with Gasteiger partial charge >= 0.3 is 0 Å². The van der Waals surface area contributed by atoms with Crippen molar-refractivity contribution in [2.45, 2.75) is 19.3 Å². The fourth-order valence-electron chi connectivity index (χ4n) is 2.65. The first-order valence-corrected chi connectivity index (χ1v) is 6.77. The van der Waals surface area contributed by atoms with Gasteiger partial charge in [-0.05, 0) is 30.0 Å². The van der Waals surface area contributed by atoms with E-state index in [0.29, 0.717) is 6.42 Å². The Morgan fingerprint density at radius 1 is 0.947 bits per heavy atom. The van der Waals surface area contributed by atoms with Gasteiger partial charge in [-0.3, -0.25) is 4.79 Å². The molecule has 3 rings (SSSR count). The van der Waals surface area contributed by atoms with E-state index in [9.17, 15) is 4.79 Å². The van der Waals surface area contributed by atoms with Crippen molar-refractivity contribution in [1.29, 1.82) is 0 Å². The number of hydrogen-bond acceptors (Lipinski definition) is 1. The molecule has 0 N–H and O–H groups in total. The molecule has 0 radical (unpaired) electrons. The van der Waals surface area contributed by atoms with Crippen LogP contribution in [-0.4, -0.2) is 12.5 Å². The van der Waals surface area contributed by atoms with Crippen molar-refractivity contribution in [3.63, 3.8) is 0 Å². The minimum Gasteiger partial charge on any atom is -0.312 e. The van der Waals surface area contributed by atoms with Gasteiger partial charge in [-0.2, -0.15) is 0 Å². The number of rotatable bonds is 4. The van der Waals surface area contributed by atoms with Gasteiger partial charge in [0.15, 0.2) is 0 Å². The molecule has 0 fully saturated rings. The number of para-hydroxylation sites is 1. The Balaban J connectivity index is 1.63. The lowest BCUT2D eigenvalue weighted by molar-refractivity contribution is -0.117. The summed E-state index contributed by atoms with van der Waals surface area (Å²) in [5.41, 5.74) is 3.59. The van der Waals surface area contributed by atoms with Crippen LogP contribution in [0.3, 0.4) is 0 Å². The standard InChI is InChI=1S/C17H17NO/c19-17-13-15-10-4-5-11-16(15)18(17)12-6-9-14-7-2-1-3-8-14/h1-5,7-8,10-11H,6,9,12-13H2. The zero-order valence-electron chi connectivity index (χ0n) is 10.9. The number of carbonyl (C=O) groups is 1. The third kappa shape index (κ3) is 2.53. The van der Waals surface area contributed by atoms with Gasteiger partial charge in [0.2, 0.25) is 5.91 Å². The largest absolute Gasteiger partial charge is 0.312 e. The molecule has 0 aromatic heterocycles. The van der Waals surface area contributed by atoms with Crippen LogP contribution >= 0.6 is 0 Å². The molecule has 0 saturated carbocycles. The normalized spacial score (nSPS) is 13.7. The topological polar surface area (TPSA) is 20.3 Å². The van der Waals surface area contributed by atoms with E-state index in [1.165, 1.54) is 5.56 Å². The van der Waals surface area contributed by atoms with Crippen molar-refractivity contribution in [2.75, 3.05) is 11.4 Å². The van der Waals surface area contributed by atoms with Gasteiger partial charge in [0.05, 0.1) is 6.42 Å². The highest BCUT2D eigenvalue weighted by molar-refractivity contribution is 6.01. The van der Waals surface area contributed by atoms with Crippen molar-refractivity contribution in [1.82, 2.24) is 0 Å². The molecule has 1 heterocycles. The Labute approximate surface area is 113 Å². The fraction of sp³-hybridized carbons (Fsp3) is 0.235. The van der Waals surface area contributed by atoms with Gasteiger partial charge in [-0.1, -0.05) is 48.5 Å². The summed E-state index contributed by atoms with van der Waals surface area (Å²) in [5, 5.41) is 0. The molecule has 0 aliphatic carbocycles. The molecule has 96 valence electrons. The number of aryl methyl sites for hydroxylation is 1. The van der Waals surface area contributed by atoms with Gasteiger partial charge < -0.3 is 4.90 Å². The molecule has 1 amide bonds. The van der Waals surface area contributed by atoms with Gasteiger partial charge in [-0.15, -0.1) is 0 Å². The summed E-state index contributed by atoms with van der Waals surface area (Å²) in [6, 6.07) is 18.5. The van der Waals surface area contributed by atoms with Crippen LogP contribution in [-0.2, 0) is 17.6 Å². The van der Waals surface area contributed by atoms with Crippen LogP contribution in [0.5, 0.6) is 0 Å². The van der Waals surface area contributed by atoms with Crippen molar-refractivity contribution in [3.05, 3.63) is 65.7 Å². The molecule has 0 bridgehead atoms. The highest BCUT2D eigenvalue weighted by atomic mass is 16.2. The summed E-state index contributed by atoms with van der Waals surface area (Å²) in [6.07, 6.45) is 2.58. The Bertz CT molecular complexity index is 577. The lowest BCUT2D eigenvalue weighted by atomic mass is 10.1. The van der Waals surface area contributed by atoms with Crippen LogP contribution in [0.25, 0.3) is 0 Å². The van der Waals surface area contributed by atoms with Crippen LogP contribution in [0.1, 0.15) is 17.5 Å². The summed E-state index contributed by atoms with van der Waals surface area (Å²) in [6.45, 7) is 0.810. The second-order valence-corrected chi connectivity index (χ2v) is 4.94. The van der Waals surface area contributed by atoms with Crippen molar-refractivity contribution >= 4 is 11.6 Å². The maximum absolute atomic E-state index is 12.0. The monoisotopic (exact) mass is 251 g/mol. The molecule has 1 aliphatic rings. The average Bonchev–Trinajstić information content (AvgIpc) is 2.76. The zero-order valence-corrected chi connectivity index (χ0v) is 10.9. The highest BCUT2D eigenvalue weighted by Crippen LogP contribution is 2.28. The number of carbonyl (C=O) groups excluding carboxylic acids is 1. The molecular weight excluding hydrogens is 234 g/mol. The predicted octanol–water partition coefficient (Wildman–Crippen LogP) is 3.21. The fourth-order valence-corrected chi connectivity index (χ4v) is 2.65. The molecule has 0 unspecified atom stereocenters. The summed E-state index contributed by atoms with van der Waals surface area (Å²) in [5.74, 6) is 0.231. The van der Waals surface area contributed by atoms with E-state index in [4.69, 9.17) is 0 Å². The number of anilines is 1. The van der Waals surface area contributed by atoms with Crippen LogP contribution in [0, 0.1) is 0 Å². The van der Waals surface area contributed by atoms with Crippen molar-refractivity contribution in [2.24, 2.45) is 0 Å². The summed E-state index contributed by atoms with van der Waals surface area (Å²) < 4.78 is 0. The predicted molar refractivity (Wildman–Crippen MR) is 77.3 cm³/mol. The number of benzene rings is 2. The Kier molecular flexibility index (Phi) is 3.32. The lowest BCUT2D eigenvalue weighted by Crippen LogP contribution is -2.28. The van der Waals surface area contributed by atoms with E-state index in [2.05, 4.69) is 24.3 Å². The minimum absolute atomic E-state index is 0.231. The Morgan fingerprint density at radius 3 is 2.53 bits per heavy atom. The molecule has 2 aromatic rings. The molecule has 1 aliphatic heterocycles. The SMILES string of the molecule is O=C1Cc2ccccc2N1CCCc1ccccc1. The highest BCUT2D eigenvalue weighted by Gasteiger charge is 2.25. The van der Waals surface area contributed by atoms with E-state index in [1.54, 1.807) is 0 Å². The van der Waals surface area contributed by atoms with Crippen molar-refractivity contribution < 1.29 is 4.79 Å². The summed E-state index contributed by atoms with van der Waals surface area (Å²) in [4.78, 5) is 13.9. The first-order chi connectivity index (χ1) is 9.34. The van der Waals surface area contributed by atoms with Crippen LogP contribution in [0.2, 0.25) is 0 Å². The van der Waals surface area contributed by atoms with Crippen LogP contribution in [0.15, 0.2) is 54.6 Å². The smallest absolute Gasteiger partial charge is 0.231 e. The molecule has 0 spiro atoms. The van der Waals surface area contributed by atoms with E-state index in [0.717, 1.165) is 30.6 Å². The third-order valence-corrected chi connectivity index (χ3v) is 3.62. The number of nitrogens with zero attached hydrogens (tertiary/aromatic N) is 1. The van der Waals surface area contributed by atoms with Crippen LogP contribution < -0.4 is 4.90 Å². The summed E-state index contributed by atoms with van der Waals surface area (Å²) >= 11 is 0. The molecule has 0 saturated heterocycles. The second kappa shape index (κ2) is 5.27. The first-order valence-electron chi connectivity index (χ1n) is 6.77. The van der Waals surface area contributed by atoms with Gasteiger partial charge in [0.25, 0.3) is 0 Å². The maximum Gasteiger partial charge on any atom is 0.231 e. The zero-order chi connectivity index (χ0) is 13.1. The maximum atomic E-state index is 12.0. The third-order valence-electron chi connectivity index (χ3n) is 3.62. The van der Waals surface area contributed by atoms with E-state index >= 15 is 0 Å².